The topological polar surface area (TPSA) is 71.8 Å². The smallest absolute Gasteiger partial charge is 0.297 e. The first-order valence-electron chi connectivity index (χ1n) is 5.03. The highest BCUT2D eigenvalue weighted by Gasteiger charge is 2.21. The van der Waals surface area contributed by atoms with Crippen molar-refractivity contribution in [2.45, 2.75) is 26.2 Å². The maximum Gasteiger partial charge on any atom is 0.297 e. The Bertz CT molecular complexity index is 552. The van der Waals surface area contributed by atoms with Crippen LogP contribution in [-0.4, -0.2) is 14.9 Å². The van der Waals surface area contributed by atoms with Crippen LogP contribution in [0.1, 0.15) is 26.6 Å². The molecular formula is C11H13N3O2. The average molecular weight is 219 g/mol. The molecule has 0 aliphatic rings. The number of hydrogen-bond acceptors (Lipinski definition) is 3. The third-order valence-corrected chi connectivity index (χ3v) is 2.40. The van der Waals surface area contributed by atoms with E-state index in [2.05, 4.69) is 9.97 Å². The van der Waals surface area contributed by atoms with Gasteiger partial charge in [-0.05, 0) is 6.07 Å². The predicted molar refractivity (Wildman–Crippen MR) is 61.4 cm³/mol. The first-order chi connectivity index (χ1) is 7.39. The summed E-state index contributed by atoms with van der Waals surface area (Å²) < 4.78 is 0. The zero-order chi connectivity index (χ0) is 11.9. The predicted octanol–water partition coefficient (Wildman–Crippen LogP) is 2.77. The second-order valence-corrected chi connectivity index (χ2v) is 4.77. The molecular weight excluding hydrogens is 206 g/mol. The Morgan fingerprint density at radius 2 is 2.06 bits per heavy atom. The van der Waals surface area contributed by atoms with Crippen LogP contribution in [0, 0.1) is 10.1 Å². The highest BCUT2D eigenvalue weighted by molar-refractivity contribution is 5.84. The summed E-state index contributed by atoms with van der Waals surface area (Å²) in [7, 11) is 0. The van der Waals surface area contributed by atoms with Crippen molar-refractivity contribution in [3.8, 4) is 0 Å². The Labute approximate surface area is 92.7 Å². The van der Waals surface area contributed by atoms with Gasteiger partial charge in [0, 0.05) is 11.5 Å². The highest BCUT2D eigenvalue weighted by atomic mass is 16.6. The van der Waals surface area contributed by atoms with Gasteiger partial charge in [-0.25, -0.2) is 4.98 Å². The highest BCUT2D eigenvalue weighted by Crippen LogP contribution is 2.27. The summed E-state index contributed by atoms with van der Waals surface area (Å²) in [6.45, 7) is 6.03. The van der Waals surface area contributed by atoms with E-state index in [4.69, 9.17) is 0 Å². The van der Waals surface area contributed by atoms with Crippen molar-refractivity contribution in [2.75, 3.05) is 0 Å². The number of imidazole rings is 1. The summed E-state index contributed by atoms with van der Waals surface area (Å²) in [5.74, 6) is 0.761. The molecule has 5 nitrogen and oxygen atoms in total. The van der Waals surface area contributed by atoms with Crippen LogP contribution in [0.5, 0.6) is 0 Å². The summed E-state index contributed by atoms with van der Waals surface area (Å²) in [5.41, 5.74) is 1.04. The number of nitrogens with one attached hydrogen (secondary N) is 1. The Kier molecular flexibility index (Phi) is 2.18. The lowest BCUT2D eigenvalue weighted by atomic mass is 9.96. The van der Waals surface area contributed by atoms with E-state index in [0.29, 0.717) is 11.0 Å². The van der Waals surface area contributed by atoms with Gasteiger partial charge in [-0.1, -0.05) is 26.8 Å². The number of para-hydroxylation sites is 1. The Morgan fingerprint density at radius 1 is 1.38 bits per heavy atom. The van der Waals surface area contributed by atoms with E-state index in [0.717, 1.165) is 5.82 Å². The Balaban J connectivity index is 2.71. The molecule has 0 radical (unpaired) electrons. The summed E-state index contributed by atoms with van der Waals surface area (Å²) >= 11 is 0. The number of fused-ring (bicyclic) bond motifs is 1. The third kappa shape index (κ3) is 1.64. The van der Waals surface area contributed by atoms with Crippen LogP contribution in [0.4, 0.5) is 5.69 Å². The number of non-ortho nitro benzene ring substituents is 1. The summed E-state index contributed by atoms with van der Waals surface area (Å²) in [6, 6.07) is 4.92. The molecule has 5 heteroatoms. The van der Waals surface area contributed by atoms with Gasteiger partial charge in [-0.2, -0.15) is 0 Å². The average Bonchev–Trinajstić information content (AvgIpc) is 2.59. The fourth-order valence-electron chi connectivity index (χ4n) is 1.52. The molecule has 1 N–H and O–H groups in total. The lowest BCUT2D eigenvalue weighted by Crippen LogP contribution is -2.13. The normalized spacial score (nSPS) is 11.9. The van der Waals surface area contributed by atoms with Crippen LogP contribution in [0.25, 0.3) is 11.0 Å². The minimum atomic E-state index is -0.407. The van der Waals surface area contributed by atoms with Crippen LogP contribution in [0.3, 0.4) is 0 Å². The maximum atomic E-state index is 10.8. The molecule has 1 heterocycles. The molecule has 0 amide bonds. The van der Waals surface area contributed by atoms with Crippen LogP contribution < -0.4 is 0 Å². The molecule has 16 heavy (non-hydrogen) atoms. The minimum Gasteiger partial charge on any atom is -0.341 e. The number of aromatic amines is 1. The number of nitro benzene ring substituents is 1. The van der Waals surface area contributed by atoms with Crippen molar-refractivity contribution >= 4 is 16.7 Å². The molecule has 0 aliphatic heterocycles. The Hall–Kier alpha value is -1.91. The molecule has 0 fully saturated rings. The molecule has 0 aliphatic carbocycles. The van der Waals surface area contributed by atoms with Gasteiger partial charge in [-0.3, -0.25) is 10.1 Å². The molecule has 2 rings (SSSR count). The number of rotatable bonds is 1. The minimum absolute atomic E-state index is 0.0456. The lowest BCUT2D eigenvalue weighted by Gasteiger charge is -2.13. The van der Waals surface area contributed by atoms with E-state index in [1.807, 2.05) is 20.8 Å². The number of hydrogen-bond donors (Lipinski definition) is 1. The molecule has 0 atom stereocenters. The number of nitrogens with zero attached hydrogens (tertiary/aromatic N) is 2. The van der Waals surface area contributed by atoms with Gasteiger partial charge < -0.3 is 4.98 Å². The van der Waals surface area contributed by atoms with Gasteiger partial charge in [0.25, 0.3) is 5.69 Å². The van der Waals surface area contributed by atoms with Crippen molar-refractivity contribution in [1.82, 2.24) is 9.97 Å². The van der Waals surface area contributed by atoms with Gasteiger partial charge in [0.1, 0.15) is 5.82 Å². The second-order valence-electron chi connectivity index (χ2n) is 4.77. The van der Waals surface area contributed by atoms with E-state index < -0.39 is 4.92 Å². The quantitative estimate of drug-likeness (QED) is 0.592. The van der Waals surface area contributed by atoms with Crippen molar-refractivity contribution in [1.29, 1.82) is 0 Å². The number of benzene rings is 1. The maximum absolute atomic E-state index is 10.8. The van der Waals surface area contributed by atoms with Crippen LogP contribution in [0.2, 0.25) is 0 Å². The van der Waals surface area contributed by atoms with Crippen molar-refractivity contribution in [3.63, 3.8) is 0 Å². The molecule has 1 aromatic heterocycles. The van der Waals surface area contributed by atoms with Crippen LogP contribution >= 0.6 is 0 Å². The standard InChI is InChI=1S/C11H13N3O2/c1-11(2,3)10-12-7-5-4-6-8(14(15)16)9(7)13-10/h4-6H,1-3H3,(H,12,13). The molecule has 0 saturated carbocycles. The molecule has 1 aromatic carbocycles. The fourth-order valence-corrected chi connectivity index (χ4v) is 1.52. The number of nitro groups is 1. The first kappa shape index (κ1) is 10.6. The van der Waals surface area contributed by atoms with E-state index in [9.17, 15) is 10.1 Å². The summed E-state index contributed by atoms with van der Waals surface area (Å²) in [5, 5.41) is 10.8. The molecule has 0 unspecified atom stereocenters. The zero-order valence-electron chi connectivity index (χ0n) is 9.44. The monoisotopic (exact) mass is 219 g/mol. The number of aromatic nitrogens is 2. The SMILES string of the molecule is CC(C)(C)c1nc2c([N+](=O)[O-])cccc2[nH]1. The van der Waals surface area contributed by atoms with Gasteiger partial charge >= 0.3 is 0 Å². The zero-order valence-corrected chi connectivity index (χ0v) is 9.44. The summed E-state index contributed by atoms with van der Waals surface area (Å²) in [6.07, 6.45) is 0. The first-order valence-corrected chi connectivity index (χ1v) is 5.03. The van der Waals surface area contributed by atoms with Crippen LogP contribution in [0.15, 0.2) is 18.2 Å². The van der Waals surface area contributed by atoms with E-state index in [1.165, 1.54) is 6.07 Å². The van der Waals surface area contributed by atoms with Gasteiger partial charge in [0.05, 0.1) is 10.4 Å². The van der Waals surface area contributed by atoms with Gasteiger partial charge in [0.2, 0.25) is 0 Å². The van der Waals surface area contributed by atoms with Gasteiger partial charge in [-0.15, -0.1) is 0 Å². The molecule has 2 aromatic rings. The summed E-state index contributed by atoms with van der Waals surface area (Å²) in [4.78, 5) is 17.8. The fraction of sp³-hybridized carbons (Fsp3) is 0.364. The van der Waals surface area contributed by atoms with Crippen molar-refractivity contribution in [2.24, 2.45) is 0 Å². The molecule has 0 saturated heterocycles. The molecule has 0 bridgehead atoms. The molecule has 84 valence electrons. The van der Waals surface area contributed by atoms with Crippen molar-refractivity contribution < 1.29 is 4.92 Å². The Morgan fingerprint density at radius 3 is 2.62 bits per heavy atom. The van der Waals surface area contributed by atoms with E-state index in [1.54, 1.807) is 12.1 Å². The van der Waals surface area contributed by atoms with Crippen LogP contribution in [-0.2, 0) is 5.41 Å². The molecule has 0 spiro atoms. The van der Waals surface area contributed by atoms with E-state index >= 15 is 0 Å². The van der Waals surface area contributed by atoms with Crippen molar-refractivity contribution in [3.05, 3.63) is 34.1 Å². The van der Waals surface area contributed by atoms with E-state index in [-0.39, 0.29) is 11.1 Å². The second kappa shape index (κ2) is 3.30. The largest absolute Gasteiger partial charge is 0.341 e. The van der Waals surface area contributed by atoms with Gasteiger partial charge in [0.15, 0.2) is 5.52 Å². The lowest BCUT2D eigenvalue weighted by molar-refractivity contribution is -0.383. The number of H-pyrrole nitrogens is 1. The third-order valence-electron chi connectivity index (χ3n) is 2.40.